The second-order valence-electron chi connectivity index (χ2n) is 4.66. The quantitative estimate of drug-likeness (QED) is 0.472. The minimum absolute atomic E-state index is 0.110. The second-order valence-corrected chi connectivity index (χ2v) is 5.82. The van der Waals surface area contributed by atoms with Gasteiger partial charge in [-0.15, -0.1) is 0 Å². The zero-order chi connectivity index (χ0) is 15.1. The molecule has 2 aromatic rings. The molecule has 0 spiro atoms. The maximum absolute atomic E-state index is 11.8. The number of aryl methyl sites for hydroxylation is 1. The molecular formula is C17H17IN2O. The maximum Gasteiger partial charge on any atom is 0.244 e. The summed E-state index contributed by atoms with van der Waals surface area (Å²) in [5.41, 5.74) is 5.82. The van der Waals surface area contributed by atoms with Gasteiger partial charge >= 0.3 is 0 Å². The fraction of sp³-hybridized carbons (Fsp3) is 0.176. The normalized spacial score (nSPS) is 10.8. The number of benzene rings is 2. The van der Waals surface area contributed by atoms with Crippen molar-refractivity contribution in [1.82, 2.24) is 5.43 Å². The van der Waals surface area contributed by atoms with Crippen molar-refractivity contribution in [3.8, 4) is 0 Å². The monoisotopic (exact) mass is 392 g/mol. The molecule has 0 radical (unpaired) electrons. The minimum atomic E-state index is -0.110. The van der Waals surface area contributed by atoms with Crippen LogP contribution in [0.2, 0.25) is 0 Å². The van der Waals surface area contributed by atoms with Crippen LogP contribution in [0.1, 0.15) is 23.6 Å². The molecule has 1 amide bonds. The van der Waals surface area contributed by atoms with Gasteiger partial charge in [0.15, 0.2) is 0 Å². The van der Waals surface area contributed by atoms with Crippen LogP contribution in [0, 0.1) is 3.57 Å². The van der Waals surface area contributed by atoms with Crippen LogP contribution in [-0.4, -0.2) is 12.1 Å². The molecule has 0 aliphatic rings. The van der Waals surface area contributed by atoms with Crippen molar-refractivity contribution >= 4 is 34.7 Å². The van der Waals surface area contributed by atoms with Gasteiger partial charge in [-0.2, -0.15) is 5.10 Å². The zero-order valence-corrected chi connectivity index (χ0v) is 14.0. The Balaban J connectivity index is 1.88. The number of halogens is 1. The Labute approximate surface area is 138 Å². The first-order valence-electron chi connectivity index (χ1n) is 6.83. The average molecular weight is 392 g/mol. The van der Waals surface area contributed by atoms with E-state index >= 15 is 0 Å². The molecule has 0 fully saturated rings. The van der Waals surface area contributed by atoms with E-state index in [0.717, 1.165) is 21.1 Å². The largest absolute Gasteiger partial charge is 0.273 e. The van der Waals surface area contributed by atoms with Gasteiger partial charge in [0.05, 0.1) is 12.6 Å². The number of carbonyl (C=O) groups is 1. The number of nitrogens with zero attached hydrogens (tertiary/aromatic N) is 1. The SMILES string of the molecule is CCc1ccc(CC(=O)N/N=C/c2ccccc2I)cc1. The predicted molar refractivity (Wildman–Crippen MR) is 94.4 cm³/mol. The van der Waals surface area contributed by atoms with Crippen molar-refractivity contribution in [3.63, 3.8) is 0 Å². The molecular weight excluding hydrogens is 375 g/mol. The molecule has 4 heteroatoms. The van der Waals surface area contributed by atoms with E-state index in [-0.39, 0.29) is 5.91 Å². The summed E-state index contributed by atoms with van der Waals surface area (Å²) >= 11 is 2.24. The Bertz CT molecular complexity index is 635. The van der Waals surface area contributed by atoms with Gasteiger partial charge in [-0.05, 0) is 46.2 Å². The smallest absolute Gasteiger partial charge is 0.244 e. The highest BCUT2D eigenvalue weighted by molar-refractivity contribution is 14.1. The molecule has 21 heavy (non-hydrogen) atoms. The van der Waals surface area contributed by atoms with Crippen LogP contribution in [0.15, 0.2) is 53.6 Å². The summed E-state index contributed by atoms with van der Waals surface area (Å²) in [6, 6.07) is 16.0. The zero-order valence-electron chi connectivity index (χ0n) is 11.8. The van der Waals surface area contributed by atoms with E-state index in [4.69, 9.17) is 0 Å². The highest BCUT2D eigenvalue weighted by Gasteiger charge is 2.02. The fourth-order valence-corrected chi connectivity index (χ4v) is 2.40. The van der Waals surface area contributed by atoms with E-state index in [2.05, 4.69) is 52.2 Å². The Kier molecular flexibility index (Phi) is 5.92. The summed E-state index contributed by atoms with van der Waals surface area (Å²) < 4.78 is 1.10. The van der Waals surface area contributed by atoms with E-state index < -0.39 is 0 Å². The van der Waals surface area contributed by atoms with E-state index in [1.807, 2.05) is 36.4 Å². The average Bonchev–Trinajstić information content (AvgIpc) is 2.50. The summed E-state index contributed by atoms with van der Waals surface area (Å²) in [6.07, 6.45) is 3.01. The second kappa shape index (κ2) is 7.93. The van der Waals surface area contributed by atoms with Crippen LogP contribution in [0.5, 0.6) is 0 Å². The van der Waals surface area contributed by atoms with Crippen LogP contribution in [0.25, 0.3) is 0 Å². The van der Waals surface area contributed by atoms with Gasteiger partial charge in [-0.25, -0.2) is 5.43 Å². The fourth-order valence-electron chi connectivity index (χ4n) is 1.87. The number of carbonyl (C=O) groups excluding carboxylic acids is 1. The third-order valence-electron chi connectivity index (χ3n) is 3.09. The lowest BCUT2D eigenvalue weighted by molar-refractivity contribution is -0.120. The molecule has 0 saturated carbocycles. The molecule has 0 heterocycles. The summed E-state index contributed by atoms with van der Waals surface area (Å²) in [4.78, 5) is 11.8. The highest BCUT2D eigenvalue weighted by Crippen LogP contribution is 2.08. The third kappa shape index (κ3) is 4.97. The van der Waals surface area contributed by atoms with Gasteiger partial charge in [0, 0.05) is 9.13 Å². The van der Waals surface area contributed by atoms with Crippen molar-refractivity contribution in [2.75, 3.05) is 0 Å². The molecule has 0 aliphatic carbocycles. The third-order valence-corrected chi connectivity index (χ3v) is 4.08. The molecule has 108 valence electrons. The van der Waals surface area contributed by atoms with Crippen molar-refractivity contribution in [2.24, 2.45) is 5.10 Å². The molecule has 0 bridgehead atoms. The van der Waals surface area contributed by atoms with Crippen LogP contribution >= 0.6 is 22.6 Å². The Morgan fingerprint density at radius 2 is 1.81 bits per heavy atom. The van der Waals surface area contributed by atoms with Gasteiger partial charge < -0.3 is 0 Å². The number of hydrogen-bond donors (Lipinski definition) is 1. The van der Waals surface area contributed by atoms with E-state index in [0.29, 0.717) is 6.42 Å². The van der Waals surface area contributed by atoms with Crippen molar-refractivity contribution in [2.45, 2.75) is 19.8 Å². The molecule has 0 unspecified atom stereocenters. The predicted octanol–water partition coefficient (Wildman–Crippen LogP) is 3.55. The molecule has 0 aliphatic heterocycles. The molecule has 1 N–H and O–H groups in total. The molecule has 0 saturated heterocycles. The van der Waals surface area contributed by atoms with Crippen molar-refractivity contribution < 1.29 is 4.79 Å². The van der Waals surface area contributed by atoms with Gasteiger partial charge in [-0.3, -0.25) is 4.79 Å². The lowest BCUT2D eigenvalue weighted by atomic mass is 10.1. The molecule has 0 aromatic heterocycles. The number of nitrogens with one attached hydrogen (secondary N) is 1. The van der Waals surface area contributed by atoms with Crippen LogP contribution in [0.4, 0.5) is 0 Å². The Morgan fingerprint density at radius 1 is 1.14 bits per heavy atom. The first kappa shape index (κ1) is 15.7. The number of amides is 1. The van der Waals surface area contributed by atoms with Crippen LogP contribution in [0.3, 0.4) is 0 Å². The molecule has 2 aromatic carbocycles. The van der Waals surface area contributed by atoms with Crippen LogP contribution in [-0.2, 0) is 17.6 Å². The van der Waals surface area contributed by atoms with Gasteiger partial charge in [0.25, 0.3) is 0 Å². The summed E-state index contributed by atoms with van der Waals surface area (Å²) in [7, 11) is 0. The maximum atomic E-state index is 11.8. The van der Waals surface area contributed by atoms with Gasteiger partial charge in [0.2, 0.25) is 5.91 Å². The lowest BCUT2D eigenvalue weighted by Gasteiger charge is -2.02. The minimum Gasteiger partial charge on any atom is -0.273 e. The van der Waals surface area contributed by atoms with Crippen molar-refractivity contribution in [1.29, 1.82) is 0 Å². The van der Waals surface area contributed by atoms with Gasteiger partial charge in [0.1, 0.15) is 0 Å². The Morgan fingerprint density at radius 3 is 2.48 bits per heavy atom. The number of hydrazone groups is 1. The van der Waals surface area contributed by atoms with E-state index in [9.17, 15) is 4.79 Å². The first-order chi connectivity index (χ1) is 10.2. The molecule has 0 atom stereocenters. The Hall–Kier alpha value is -1.69. The first-order valence-corrected chi connectivity index (χ1v) is 7.91. The molecule has 3 nitrogen and oxygen atoms in total. The number of hydrogen-bond acceptors (Lipinski definition) is 2. The topological polar surface area (TPSA) is 41.5 Å². The summed E-state index contributed by atoms with van der Waals surface area (Å²) in [6.45, 7) is 2.11. The molecule has 2 rings (SSSR count). The summed E-state index contributed by atoms with van der Waals surface area (Å²) in [5, 5.41) is 4.00. The van der Waals surface area contributed by atoms with Gasteiger partial charge in [-0.1, -0.05) is 49.4 Å². The van der Waals surface area contributed by atoms with E-state index in [1.165, 1.54) is 5.56 Å². The number of rotatable bonds is 5. The standard InChI is InChI=1S/C17H17IN2O/c1-2-13-7-9-14(10-8-13)11-17(21)20-19-12-15-5-3-4-6-16(15)18/h3-10,12H,2,11H2,1H3,(H,20,21)/b19-12+. The van der Waals surface area contributed by atoms with Crippen molar-refractivity contribution in [3.05, 3.63) is 68.8 Å². The highest BCUT2D eigenvalue weighted by atomic mass is 127. The lowest BCUT2D eigenvalue weighted by Crippen LogP contribution is -2.19. The van der Waals surface area contributed by atoms with E-state index in [1.54, 1.807) is 6.21 Å². The summed E-state index contributed by atoms with van der Waals surface area (Å²) in [5.74, 6) is -0.110. The van der Waals surface area contributed by atoms with Crippen LogP contribution < -0.4 is 5.43 Å².